The zero-order chi connectivity index (χ0) is 23.8. The number of carbonyl (C=O) groups excluding carboxylic acids is 1. The lowest BCUT2D eigenvalue weighted by atomic mass is 10.00. The second-order valence-corrected chi connectivity index (χ2v) is 8.65. The quantitative estimate of drug-likeness (QED) is 0.476. The van der Waals surface area contributed by atoms with E-state index in [2.05, 4.69) is 25.7 Å². The molecule has 2 N–H and O–H groups in total. The molecule has 0 spiro atoms. The molecular weight excluding hydrogens is 433 g/mol. The highest BCUT2D eigenvalue weighted by molar-refractivity contribution is 5.87. The van der Waals surface area contributed by atoms with Gasteiger partial charge < -0.3 is 15.5 Å². The average molecular weight is 460 g/mol. The number of likely N-dealkylation sites (N-methyl/N-ethyl adjacent to an activating group) is 1. The molecule has 0 aliphatic carbocycles. The second kappa shape index (κ2) is 8.83. The van der Waals surface area contributed by atoms with E-state index in [0.29, 0.717) is 36.0 Å². The summed E-state index contributed by atoms with van der Waals surface area (Å²) in [6, 6.07) is 9.25. The van der Waals surface area contributed by atoms with Gasteiger partial charge in [-0.25, -0.2) is 9.37 Å². The molecule has 1 aromatic carbocycles. The number of carbonyl (C=O) groups is 1. The van der Waals surface area contributed by atoms with Gasteiger partial charge in [0.1, 0.15) is 18.2 Å². The van der Waals surface area contributed by atoms with Crippen molar-refractivity contribution in [2.24, 2.45) is 0 Å². The molecule has 1 aliphatic heterocycles. The minimum Gasteiger partial charge on any atom is -0.344 e. The zero-order valence-corrected chi connectivity index (χ0v) is 19.4. The van der Waals surface area contributed by atoms with Gasteiger partial charge in [0.2, 0.25) is 5.91 Å². The number of hydrogen-bond donors (Lipinski definition) is 2. The first kappa shape index (κ1) is 22.0. The van der Waals surface area contributed by atoms with Gasteiger partial charge in [0.05, 0.1) is 5.69 Å². The Bertz CT molecular complexity index is 1370. The van der Waals surface area contributed by atoms with Gasteiger partial charge in [-0.3, -0.25) is 14.5 Å². The van der Waals surface area contributed by atoms with Gasteiger partial charge in [0.25, 0.3) is 0 Å². The van der Waals surface area contributed by atoms with Crippen molar-refractivity contribution in [2.45, 2.75) is 26.4 Å². The van der Waals surface area contributed by atoms with Crippen LogP contribution in [0.4, 0.5) is 16.0 Å². The van der Waals surface area contributed by atoms with Crippen LogP contribution in [0.2, 0.25) is 0 Å². The molecule has 0 fully saturated rings. The Labute approximate surface area is 196 Å². The van der Waals surface area contributed by atoms with Crippen LogP contribution < -0.4 is 10.6 Å². The van der Waals surface area contributed by atoms with E-state index in [0.717, 1.165) is 34.0 Å². The number of hydrogen-bond acceptors (Lipinski definition) is 6. The van der Waals surface area contributed by atoms with Crippen LogP contribution >= 0.6 is 0 Å². The molecule has 3 aromatic heterocycles. The highest BCUT2D eigenvalue weighted by Gasteiger charge is 2.19. The minimum atomic E-state index is -0.288. The molecule has 1 aliphatic rings. The Morgan fingerprint density at radius 2 is 1.88 bits per heavy atom. The van der Waals surface area contributed by atoms with E-state index >= 15 is 0 Å². The Morgan fingerprint density at radius 1 is 1.06 bits per heavy atom. The van der Waals surface area contributed by atoms with Gasteiger partial charge in [0, 0.05) is 61.7 Å². The van der Waals surface area contributed by atoms with E-state index in [1.165, 1.54) is 0 Å². The SMILES string of the molecule is CNCc1cc(C)c(-c2cc3cc(Nc4cc5n(n4)CC(=O)N(C)CC5)ncc3cn2)c(F)c1. The molecule has 174 valence electrons. The van der Waals surface area contributed by atoms with Crippen LogP contribution in [0.25, 0.3) is 22.0 Å². The van der Waals surface area contributed by atoms with Crippen molar-refractivity contribution in [2.75, 3.05) is 26.0 Å². The molecule has 8 nitrogen and oxygen atoms in total. The monoisotopic (exact) mass is 459 g/mol. The number of fused-ring (bicyclic) bond motifs is 2. The predicted molar refractivity (Wildman–Crippen MR) is 129 cm³/mol. The summed E-state index contributed by atoms with van der Waals surface area (Å²) in [5.41, 5.74) is 3.81. The lowest BCUT2D eigenvalue weighted by Crippen LogP contribution is -2.29. The minimum absolute atomic E-state index is 0.0405. The number of benzene rings is 1. The third-order valence-corrected chi connectivity index (χ3v) is 6.12. The third-order valence-electron chi connectivity index (χ3n) is 6.12. The summed E-state index contributed by atoms with van der Waals surface area (Å²) >= 11 is 0. The summed E-state index contributed by atoms with van der Waals surface area (Å²) in [5.74, 6) is 1.00. The van der Waals surface area contributed by atoms with E-state index in [1.54, 1.807) is 35.1 Å². The normalized spacial score (nSPS) is 13.8. The second-order valence-electron chi connectivity index (χ2n) is 8.65. The van der Waals surface area contributed by atoms with Crippen molar-refractivity contribution in [3.8, 4) is 11.3 Å². The molecule has 9 heteroatoms. The highest BCUT2D eigenvalue weighted by Crippen LogP contribution is 2.29. The van der Waals surface area contributed by atoms with Gasteiger partial charge in [-0.05, 0) is 48.7 Å². The van der Waals surface area contributed by atoms with Gasteiger partial charge in [-0.2, -0.15) is 5.10 Å². The molecule has 0 radical (unpaired) electrons. The van der Waals surface area contributed by atoms with E-state index < -0.39 is 0 Å². The number of anilines is 2. The number of nitrogens with zero attached hydrogens (tertiary/aromatic N) is 5. The fourth-order valence-electron chi connectivity index (χ4n) is 4.33. The van der Waals surface area contributed by atoms with Gasteiger partial charge >= 0.3 is 0 Å². The highest BCUT2D eigenvalue weighted by atomic mass is 19.1. The molecule has 0 saturated heterocycles. The van der Waals surface area contributed by atoms with Crippen molar-refractivity contribution < 1.29 is 9.18 Å². The number of nitrogens with one attached hydrogen (secondary N) is 2. The summed E-state index contributed by atoms with van der Waals surface area (Å²) in [4.78, 5) is 22.8. The maximum atomic E-state index is 14.9. The largest absolute Gasteiger partial charge is 0.344 e. The first-order chi connectivity index (χ1) is 16.4. The third kappa shape index (κ3) is 4.22. The number of aromatic nitrogens is 4. The molecule has 1 amide bonds. The first-order valence-corrected chi connectivity index (χ1v) is 11.2. The summed E-state index contributed by atoms with van der Waals surface area (Å²) in [6.45, 7) is 3.39. The van der Waals surface area contributed by atoms with Crippen LogP contribution in [-0.2, 0) is 24.3 Å². The smallest absolute Gasteiger partial charge is 0.244 e. The molecule has 4 heterocycles. The molecule has 0 bridgehead atoms. The summed E-state index contributed by atoms with van der Waals surface area (Å²) < 4.78 is 16.7. The maximum Gasteiger partial charge on any atom is 0.244 e. The van der Waals surface area contributed by atoms with Crippen molar-refractivity contribution in [1.82, 2.24) is 30.0 Å². The fraction of sp³-hybridized carbons (Fsp3) is 0.280. The van der Waals surface area contributed by atoms with Crippen molar-refractivity contribution >= 4 is 28.3 Å². The maximum absolute atomic E-state index is 14.9. The summed E-state index contributed by atoms with van der Waals surface area (Å²) in [7, 11) is 3.64. The molecule has 4 aromatic rings. The lowest BCUT2D eigenvalue weighted by molar-refractivity contribution is -0.130. The summed E-state index contributed by atoms with van der Waals surface area (Å²) in [6.07, 6.45) is 4.19. The number of halogens is 1. The fourth-order valence-corrected chi connectivity index (χ4v) is 4.33. The Kier molecular flexibility index (Phi) is 5.70. The van der Waals surface area contributed by atoms with Crippen LogP contribution in [0, 0.1) is 12.7 Å². The van der Waals surface area contributed by atoms with E-state index in [-0.39, 0.29) is 18.3 Å². The van der Waals surface area contributed by atoms with Crippen LogP contribution in [0.15, 0.2) is 42.7 Å². The Hall–Kier alpha value is -3.85. The molecule has 0 atom stereocenters. The van der Waals surface area contributed by atoms with Crippen LogP contribution in [-0.4, -0.2) is 51.2 Å². The first-order valence-electron chi connectivity index (χ1n) is 11.2. The van der Waals surface area contributed by atoms with Crippen molar-refractivity contribution in [3.05, 3.63) is 65.4 Å². The van der Waals surface area contributed by atoms with Crippen LogP contribution in [0.1, 0.15) is 16.8 Å². The molecule has 0 saturated carbocycles. The van der Waals surface area contributed by atoms with Crippen molar-refractivity contribution in [3.63, 3.8) is 0 Å². The molecule has 34 heavy (non-hydrogen) atoms. The van der Waals surface area contributed by atoms with Crippen molar-refractivity contribution in [1.29, 1.82) is 0 Å². The lowest BCUT2D eigenvalue weighted by Gasteiger charge is -2.12. The zero-order valence-electron chi connectivity index (χ0n) is 19.4. The number of pyridine rings is 2. The number of aryl methyl sites for hydroxylation is 1. The number of rotatable bonds is 5. The van der Waals surface area contributed by atoms with Crippen LogP contribution in [0.3, 0.4) is 0 Å². The van der Waals surface area contributed by atoms with Gasteiger partial charge in [0.15, 0.2) is 5.82 Å². The standard InChI is InChI=1S/C25H26FN7O/c1-15-6-16(11-27-2)7-20(26)25(15)21-8-17-9-22(29-13-18(17)12-28-21)30-23-10-19-4-5-32(3)24(34)14-33(19)31-23/h6-10,12-13,27H,4-5,11,14H2,1-3H3,(H,29,30,31). The number of amides is 1. The average Bonchev–Trinajstić information content (AvgIpc) is 3.11. The van der Waals surface area contributed by atoms with E-state index in [1.807, 2.05) is 38.2 Å². The summed E-state index contributed by atoms with van der Waals surface area (Å²) in [5, 5.41) is 12.6. The topological polar surface area (TPSA) is 88.0 Å². The Balaban J connectivity index is 1.44. The molecular formula is C25H26FN7O. The van der Waals surface area contributed by atoms with E-state index in [4.69, 9.17) is 0 Å². The Morgan fingerprint density at radius 3 is 2.68 bits per heavy atom. The van der Waals surface area contributed by atoms with Crippen LogP contribution in [0.5, 0.6) is 0 Å². The predicted octanol–water partition coefficient (Wildman–Crippen LogP) is 3.42. The van der Waals surface area contributed by atoms with Gasteiger partial charge in [-0.1, -0.05) is 6.07 Å². The van der Waals surface area contributed by atoms with Gasteiger partial charge in [-0.15, -0.1) is 0 Å². The molecule has 0 unspecified atom stereocenters. The van der Waals surface area contributed by atoms with E-state index in [9.17, 15) is 9.18 Å². The molecule has 5 rings (SSSR count).